The van der Waals surface area contributed by atoms with Gasteiger partial charge in [-0.05, 0) is 127 Å². The molecule has 0 spiro atoms. The van der Waals surface area contributed by atoms with Gasteiger partial charge in [0.15, 0.2) is 11.1 Å². The summed E-state index contributed by atoms with van der Waals surface area (Å²) in [6, 6.07) is 30.6. The molecule has 11 nitrogen and oxygen atoms in total. The van der Waals surface area contributed by atoms with Gasteiger partial charge in [0.1, 0.15) is 23.0 Å². The number of nitrogens with zero attached hydrogens (tertiary/aromatic N) is 3. The molecule has 2 heterocycles. The highest BCUT2D eigenvalue weighted by molar-refractivity contribution is 6.34. The normalized spacial score (nSPS) is 13.2. The van der Waals surface area contributed by atoms with Crippen LogP contribution in [0.2, 0.25) is 0 Å². The quantitative estimate of drug-likeness (QED) is 0.0375. The van der Waals surface area contributed by atoms with Crippen LogP contribution in [0.15, 0.2) is 138 Å². The van der Waals surface area contributed by atoms with Gasteiger partial charge in [0.05, 0.1) is 27.9 Å². The van der Waals surface area contributed by atoms with Gasteiger partial charge < -0.3 is 14.3 Å². The minimum Gasteiger partial charge on any atom is -0.457 e. The second kappa shape index (κ2) is 21.7. The van der Waals surface area contributed by atoms with Gasteiger partial charge in [-0.15, -0.1) is 11.3 Å². The molecule has 65 heavy (non-hydrogen) atoms. The van der Waals surface area contributed by atoms with Crippen molar-refractivity contribution in [2.45, 2.75) is 80.6 Å². The molecule has 11 heteroatoms. The van der Waals surface area contributed by atoms with E-state index >= 15 is 0 Å². The van der Waals surface area contributed by atoms with Crippen LogP contribution in [0.3, 0.4) is 0 Å². The zero-order valence-corrected chi connectivity index (χ0v) is 38.4. The maximum Gasteiger partial charge on any atom is 0.266 e. The Morgan fingerprint density at radius 2 is 1.03 bits per heavy atom. The van der Waals surface area contributed by atoms with Gasteiger partial charge >= 0.3 is 0 Å². The van der Waals surface area contributed by atoms with Crippen molar-refractivity contribution in [1.82, 2.24) is 4.90 Å². The summed E-state index contributed by atoms with van der Waals surface area (Å²) in [5, 5.41) is 2.37. The number of terminal acetylenes is 1. The first-order valence-corrected chi connectivity index (χ1v) is 21.6. The summed E-state index contributed by atoms with van der Waals surface area (Å²) in [5.41, 5.74) is 3.34. The smallest absolute Gasteiger partial charge is 0.266 e. The number of amides is 4. The van der Waals surface area contributed by atoms with E-state index in [1.165, 1.54) is 43.2 Å². The molecule has 0 unspecified atom stereocenters. The van der Waals surface area contributed by atoms with Crippen LogP contribution in [-0.2, 0) is 5.41 Å². The number of anilines is 1. The van der Waals surface area contributed by atoms with Crippen LogP contribution in [0.5, 0.6) is 28.7 Å². The molecule has 7 rings (SSSR count). The third kappa shape index (κ3) is 11.3. The molecule has 0 atom stereocenters. The molecular formula is C54H55N3O8. The van der Waals surface area contributed by atoms with Gasteiger partial charge in [0.2, 0.25) is 0 Å². The van der Waals surface area contributed by atoms with E-state index in [1.807, 2.05) is 48.5 Å². The molecule has 5 aromatic carbocycles. The van der Waals surface area contributed by atoms with Crippen LogP contribution < -0.4 is 19.2 Å². The largest absolute Gasteiger partial charge is 0.457 e. The Morgan fingerprint density at radius 1 is 0.631 bits per heavy atom. The Balaban J connectivity index is 0.000000717. The lowest BCUT2D eigenvalue weighted by Crippen LogP contribution is -2.29. The molecule has 2 aliphatic heterocycles. The van der Waals surface area contributed by atoms with Crippen molar-refractivity contribution < 1.29 is 33.5 Å². The number of carbonyl (C=O) groups excluding carboxylic acids is 4. The van der Waals surface area contributed by atoms with Gasteiger partial charge in [-0.1, -0.05) is 104 Å². The van der Waals surface area contributed by atoms with E-state index in [4.69, 9.17) is 15.9 Å². The SMILES string of the molecule is C#C/C=C\C(=C/C)N1C(=O)c2ccc(Oc3ccc(C(C)(C)c4ccc(Oc5ccc6c(c5)C(=O)N(c5ccc(ON=O)cc5)C6=O)cc4)cc3)cc2C1=O.CCC(C)C.CCC(C)C. The second-order valence-corrected chi connectivity index (χ2v) is 16.7. The van der Waals surface area contributed by atoms with E-state index in [1.54, 1.807) is 55.5 Å². The highest BCUT2D eigenvalue weighted by Gasteiger charge is 2.38. The molecule has 0 saturated carbocycles. The minimum absolute atomic E-state index is 0.180. The predicted octanol–water partition coefficient (Wildman–Crippen LogP) is 13.3. The summed E-state index contributed by atoms with van der Waals surface area (Å²) in [7, 11) is 0. The molecule has 334 valence electrons. The highest BCUT2D eigenvalue weighted by Crippen LogP contribution is 2.37. The summed E-state index contributed by atoms with van der Waals surface area (Å²) >= 11 is 0. The minimum atomic E-state index is -0.500. The van der Waals surface area contributed by atoms with E-state index in [0.29, 0.717) is 34.4 Å². The third-order valence-electron chi connectivity index (χ3n) is 11.1. The lowest BCUT2D eigenvalue weighted by atomic mass is 9.78. The number of fused-ring (bicyclic) bond motifs is 2. The number of hydrogen-bond donors (Lipinski definition) is 0. The third-order valence-corrected chi connectivity index (χ3v) is 11.1. The van der Waals surface area contributed by atoms with Crippen molar-refractivity contribution in [3.8, 4) is 41.1 Å². The predicted molar refractivity (Wildman–Crippen MR) is 255 cm³/mol. The molecule has 0 bridgehead atoms. The summed E-state index contributed by atoms with van der Waals surface area (Å²) < 4.78 is 12.2. The van der Waals surface area contributed by atoms with E-state index in [-0.39, 0.29) is 28.0 Å². The highest BCUT2D eigenvalue weighted by atomic mass is 16.7. The standard InChI is InChI=1S/C44H31N3O8.2C5H12/c1-5-7-8-29(6-2)46-40(48)36-23-21-34(25-38(36)42(46)50)53-31-15-9-27(10-16-31)44(3,4)28-11-17-32(18-12-28)54-35-22-24-37-39(26-35)43(51)47(41(37)49)30-13-19-33(20-14-30)55-45-52;2*1-4-5(2)3/h1,6-26H,2-4H3;2*5H,4H2,1-3H3/b8-7-,29-6+;;. The zero-order valence-electron chi connectivity index (χ0n) is 38.4. The monoisotopic (exact) mass is 873 g/mol. The van der Waals surface area contributed by atoms with Crippen LogP contribution in [0.4, 0.5) is 5.69 Å². The van der Waals surface area contributed by atoms with Crippen LogP contribution in [-0.4, -0.2) is 28.5 Å². The molecular weight excluding hydrogens is 819 g/mol. The topological polar surface area (TPSA) is 132 Å². The number of rotatable bonds is 13. The number of ether oxygens (including phenoxy) is 2. The number of carbonyl (C=O) groups is 4. The first-order valence-electron chi connectivity index (χ1n) is 21.6. The van der Waals surface area contributed by atoms with Gasteiger partial charge in [0.25, 0.3) is 23.6 Å². The van der Waals surface area contributed by atoms with Crippen molar-refractivity contribution in [3.05, 3.63) is 171 Å². The van der Waals surface area contributed by atoms with Gasteiger partial charge in [-0.2, -0.15) is 0 Å². The maximum absolute atomic E-state index is 13.3. The average Bonchev–Trinajstić information content (AvgIpc) is 3.70. The molecule has 2 aliphatic rings. The van der Waals surface area contributed by atoms with Crippen LogP contribution in [0, 0.1) is 29.1 Å². The Kier molecular flexibility index (Phi) is 16.2. The fourth-order valence-electron chi connectivity index (χ4n) is 6.49. The number of hydrogen-bond acceptors (Lipinski definition) is 9. The maximum atomic E-state index is 13.3. The fourth-order valence-corrected chi connectivity index (χ4v) is 6.49. The van der Waals surface area contributed by atoms with E-state index in [0.717, 1.165) is 32.8 Å². The fraction of sp³-hybridized carbons (Fsp3) is 0.259. The van der Waals surface area contributed by atoms with Crippen molar-refractivity contribution in [2.24, 2.45) is 17.2 Å². The van der Waals surface area contributed by atoms with Crippen LogP contribution >= 0.6 is 0 Å². The molecule has 4 amide bonds. The summed E-state index contributed by atoms with van der Waals surface area (Å²) in [6.45, 7) is 19.2. The Hall–Kier alpha value is -7.58. The van der Waals surface area contributed by atoms with Crippen LogP contribution in [0.25, 0.3) is 0 Å². The number of allylic oxidation sites excluding steroid dienone is 3. The molecule has 0 aliphatic carbocycles. The van der Waals surface area contributed by atoms with E-state index in [9.17, 15) is 24.1 Å². The van der Waals surface area contributed by atoms with Crippen molar-refractivity contribution in [3.63, 3.8) is 0 Å². The summed E-state index contributed by atoms with van der Waals surface area (Å²) in [5.74, 6) is 4.37. The first kappa shape index (κ1) is 48.5. The summed E-state index contributed by atoms with van der Waals surface area (Å²) in [4.78, 5) is 69.6. The van der Waals surface area contributed by atoms with E-state index in [2.05, 4.69) is 71.5 Å². The zero-order chi connectivity index (χ0) is 47.4. The van der Waals surface area contributed by atoms with Gasteiger partial charge in [0, 0.05) is 11.1 Å². The van der Waals surface area contributed by atoms with Crippen LogP contribution in [0.1, 0.15) is 128 Å². The molecule has 0 fully saturated rings. The summed E-state index contributed by atoms with van der Waals surface area (Å²) in [6.07, 6.45) is 12.5. The number of benzene rings is 5. The van der Waals surface area contributed by atoms with Crippen molar-refractivity contribution in [1.29, 1.82) is 0 Å². The number of imide groups is 2. The van der Waals surface area contributed by atoms with Crippen molar-refractivity contribution in [2.75, 3.05) is 4.90 Å². The molecule has 0 radical (unpaired) electrons. The average molecular weight is 874 g/mol. The lowest BCUT2D eigenvalue weighted by Gasteiger charge is -2.26. The molecule has 5 aromatic rings. The van der Waals surface area contributed by atoms with Gasteiger partial charge in [-0.3, -0.25) is 19.2 Å². The molecule has 0 aromatic heterocycles. The first-order chi connectivity index (χ1) is 31.1. The molecule has 0 saturated heterocycles. The second-order valence-electron chi connectivity index (χ2n) is 16.7. The Labute approximate surface area is 381 Å². The van der Waals surface area contributed by atoms with Gasteiger partial charge in [-0.25, -0.2) is 9.80 Å². The molecule has 0 N–H and O–H groups in total. The Bertz CT molecular complexity index is 2630. The lowest BCUT2D eigenvalue weighted by molar-refractivity contribution is 0.0708. The van der Waals surface area contributed by atoms with Crippen molar-refractivity contribution >= 4 is 29.3 Å². The Morgan fingerprint density at radius 3 is 1.46 bits per heavy atom. The van der Waals surface area contributed by atoms with E-state index < -0.39 is 29.0 Å².